The summed E-state index contributed by atoms with van der Waals surface area (Å²) in [6, 6.07) is 2.47. The third kappa shape index (κ3) is 1.74. The zero-order valence-electron chi connectivity index (χ0n) is 10.3. The lowest BCUT2D eigenvalue weighted by atomic mass is 9.70. The van der Waals surface area contributed by atoms with Crippen LogP contribution in [0, 0.1) is 23.7 Å². The van der Waals surface area contributed by atoms with Crippen LogP contribution < -0.4 is 0 Å². The summed E-state index contributed by atoms with van der Waals surface area (Å²) >= 11 is 0. The van der Waals surface area contributed by atoms with Crippen LogP contribution in [-0.2, 0) is 6.54 Å². The third-order valence-corrected chi connectivity index (χ3v) is 4.34. The minimum Gasteiger partial charge on any atom is -0.248 e. The molecule has 0 unspecified atom stereocenters. The van der Waals surface area contributed by atoms with E-state index in [1.54, 1.807) is 0 Å². The molecule has 0 saturated heterocycles. The van der Waals surface area contributed by atoms with Crippen molar-refractivity contribution in [2.45, 2.75) is 57.9 Å². The molecule has 2 saturated carbocycles. The fraction of sp³-hybridized carbons (Fsp3) is 0.769. The SMILES string of the molecule is Cc1nc(C2CCC2)nn1CC1(C#N)CCC1. The minimum atomic E-state index is -0.157. The van der Waals surface area contributed by atoms with Crippen LogP contribution in [0.4, 0.5) is 0 Å². The summed E-state index contributed by atoms with van der Waals surface area (Å²) in [5, 5.41) is 13.9. The standard InChI is InChI=1S/C13H18N4/c1-10-15-12(11-4-2-5-11)16-17(10)9-13(8-14)6-3-7-13/h11H,2-7,9H2,1H3. The summed E-state index contributed by atoms with van der Waals surface area (Å²) in [6.45, 7) is 2.73. The van der Waals surface area contributed by atoms with Crippen LogP contribution in [-0.4, -0.2) is 14.8 Å². The van der Waals surface area contributed by atoms with Crippen molar-refractivity contribution in [2.75, 3.05) is 0 Å². The fourth-order valence-corrected chi connectivity index (χ4v) is 2.63. The van der Waals surface area contributed by atoms with Gasteiger partial charge in [-0.2, -0.15) is 10.4 Å². The second kappa shape index (κ2) is 3.83. The van der Waals surface area contributed by atoms with Crippen molar-refractivity contribution in [3.63, 3.8) is 0 Å². The molecule has 2 aliphatic carbocycles. The molecule has 0 aliphatic heterocycles. The molecule has 0 radical (unpaired) electrons. The molecular formula is C13H18N4. The van der Waals surface area contributed by atoms with Gasteiger partial charge in [-0.05, 0) is 32.6 Å². The smallest absolute Gasteiger partial charge is 0.154 e. The Labute approximate surface area is 102 Å². The van der Waals surface area contributed by atoms with E-state index in [4.69, 9.17) is 0 Å². The lowest BCUT2D eigenvalue weighted by Crippen LogP contribution is -2.33. The van der Waals surface area contributed by atoms with Crippen LogP contribution in [0.25, 0.3) is 0 Å². The highest BCUT2D eigenvalue weighted by molar-refractivity contribution is 5.07. The van der Waals surface area contributed by atoms with Gasteiger partial charge in [0.25, 0.3) is 0 Å². The number of nitrogens with zero attached hydrogens (tertiary/aromatic N) is 4. The number of rotatable bonds is 3. The molecule has 1 aromatic heterocycles. The molecule has 0 bridgehead atoms. The first-order valence-corrected chi connectivity index (χ1v) is 6.55. The molecule has 0 spiro atoms. The monoisotopic (exact) mass is 230 g/mol. The third-order valence-electron chi connectivity index (χ3n) is 4.34. The van der Waals surface area contributed by atoms with Crippen molar-refractivity contribution in [3.8, 4) is 6.07 Å². The van der Waals surface area contributed by atoms with Gasteiger partial charge in [0.2, 0.25) is 0 Å². The average molecular weight is 230 g/mol. The van der Waals surface area contributed by atoms with Crippen LogP contribution in [0.1, 0.15) is 56.1 Å². The largest absolute Gasteiger partial charge is 0.248 e. The first-order valence-electron chi connectivity index (χ1n) is 6.55. The van der Waals surface area contributed by atoms with Gasteiger partial charge in [0, 0.05) is 5.92 Å². The van der Waals surface area contributed by atoms with Crippen LogP contribution >= 0.6 is 0 Å². The van der Waals surface area contributed by atoms with Crippen LogP contribution in [0.2, 0.25) is 0 Å². The van der Waals surface area contributed by atoms with Gasteiger partial charge < -0.3 is 0 Å². The predicted molar refractivity (Wildman–Crippen MR) is 63.2 cm³/mol. The zero-order valence-corrected chi connectivity index (χ0v) is 10.3. The highest BCUT2D eigenvalue weighted by Gasteiger charge is 2.38. The maximum atomic E-state index is 9.25. The Morgan fingerprint density at radius 1 is 1.41 bits per heavy atom. The van der Waals surface area contributed by atoms with E-state index in [9.17, 15) is 5.26 Å². The molecule has 2 fully saturated rings. The summed E-state index contributed by atoms with van der Waals surface area (Å²) < 4.78 is 1.95. The Morgan fingerprint density at radius 2 is 2.18 bits per heavy atom. The van der Waals surface area contributed by atoms with E-state index in [0.29, 0.717) is 5.92 Å². The molecule has 4 heteroatoms. The van der Waals surface area contributed by atoms with Gasteiger partial charge in [0.15, 0.2) is 5.82 Å². The van der Waals surface area contributed by atoms with E-state index in [1.807, 2.05) is 11.6 Å². The number of hydrogen-bond donors (Lipinski definition) is 0. The van der Waals surface area contributed by atoms with Gasteiger partial charge in [0.05, 0.1) is 18.0 Å². The molecule has 17 heavy (non-hydrogen) atoms. The second-order valence-corrected chi connectivity index (χ2v) is 5.55. The molecular weight excluding hydrogens is 212 g/mol. The number of hydrogen-bond acceptors (Lipinski definition) is 3. The van der Waals surface area contributed by atoms with Crippen LogP contribution in [0.3, 0.4) is 0 Å². The van der Waals surface area contributed by atoms with E-state index in [2.05, 4.69) is 16.2 Å². The van der Waals surface area contributed by atoms with E-state index in [1.165, 1.54) is 25.7 Å². The van der Waals surface area contributed by atoms with Crippen molar-refractivity contribution in [2.24, 2.45) is 5.41 Å². The topological polar surface area (TPSA) is 54.5 Å². The highest BCUT2D eigenvalue weighted by atomic mass is 15.4. The maximum absolute atomic E-state index is 9.25. The van der Waals surface area contributed by atoms with Crippen molar-refractivity contribution in [1.29, 1.82) is 5.26 Å². The minimum absolute atomic E-state index is 0.157. The normalized spacial score (nSPS) is 22.6. The van der Waals surface area contributed by atoms with Crippen molar-refractivity contribution in [3.05, 3.63) is 11.6 Å². The quantitative estimate of drug-likeness (QED) is 0.801. The molecule has 2 aliphatic rings. The Kier molecular flexibility index (Phi) is 2.43. The van der Waals surface area contributed by atoms with Gasteiger partial charge in [-0.25, -0.2) is 9.67 Å². The lowest BCUT2D eigenvalue weighted by Gasteiger charge is -2.34. The molecule has 4 nitrogen and oxygen atoms in total. The summed E-state index contributed by atoms with van der Waals surface area (Å²) in [4.78, 5) is 4.55. The molecule has 0 aromatic carbocycles. The summed E-state index contributed by atoms with van der Waals surface area (Å²) in [5.41, 5.74) is -0.157. The maximum Gasteiger partial charge on any atom is 0.154 e. The van der Waals surface area contributed by atoms with Gasteiger partial charge in [0.1, 0.15) is 5.82 Å². The van der Waals surface area contributed by atoms with Crippen molar-refractivity contribution in [1.82, 2.24) is 14.8 Å². The van der Waals surface area contributed by atoms with Gasteiger partial charge >= 0.3 is 0 Å². The van der Waals surface area contributed by atoms with E-state index in [-0.39, 0.29) is 5.41 Å². The van der Waals surface area contributed by atoms with E-state index < -0.39 is 0 Å². The number of aromatic nitrogens is 3. The zero-order chi connectivity index (χ0) is 11.9. The molecule has 1 aromatic rings. The fourth-order valence-electron chi connectivity index (χ4n) is 2.63. The second-order valence-electron chi connectivity index (χ2n) is 5.55. The van der Waals surface area contributed by atoms with Gasteiger partial charge in [-0.3, -0.25) is 0 Å². The van der Waals surface area contributed by atoms with Crippen molar-refractivity contribution < 1.29 is 0 Å². The molecule has 1 heterocycles. The number of nitriles is 1. The molecule has 0 N–H and O–H groups in total. The average Bonchev–Trinajstić information content (AvgIpc) is 2.51. The highest BCUT2D eigenvalue weighted by Crippen LogP contribution is 2.42. The molecule has 0 atom stereocenters. The first kappa shape index (κ1) is 10.8. The molecule has 90 valence electrons. The van der Waals surface area contributed by atoms with Crippen molar-refractivity contribution >= 4 is 0 Å². The first-order chi connectivity index (χ1) is 8.22. The van der Waals surface area contributed by atoms with Gasteiger partial charge in [-0.15, -0.1) is 0 Å². The lowest BCUT2D eigenvalue weighted by molar-refractivity contribution is 0.172. The Hall–Kier alpha value is -1.37. The summed E-state index contributed by atoms with van der Waals surface area (Å²) in [7, 11) is 0. The van der Waals surface area contributed by atoms with Crippen LogP contribution in [0.15, 0.2) is 0 Å². The van der Waals surface area contributed by atoms with Gasteiger partial charge in [-0.1, -0.05) is 12.8 Å². The Morgan fingerprint density at radius 3 is 2.65 bits per heavy atom. The Balaban J connectivity index is 1.78. The van der Waals surface area contributed by atoms with E-state index in [0.717, 1.165) is 31.0 Å². The molecule has 3 rings (SSSR count). The summed E-state index contributed by atoms with van der Waals surface area (Å²) in [5.74, 6) is 2.55. The predicted octanol–water partition coefficient (Wildman–Crippen LogP) is 2.55. The van der Waals surface area contributed by atoms with Crippen LogP contribution in [0.5, 0.6) is 0 Å². The summed E-state index contributed by atoms with van der Waals surface area (Å²) in [6.07, 6.45) is 6.97. The van der Waals surface area contributed by atoms with E-state index >= 15 is 0 Å². The Bertz CT molecular complexity index is 460. The molecule has 0 amide bonds. The number of aryl methyl sites for hydroxylation is 1.